The number of carbonyl (C=O) groups excluding carboxylic acids is 1. The first kappa shape index (κ1) is 31.8. The average molecular weight is 556 g/mol. The summed E-state index contributed by atoms with van der Waals surface area (Å²) in [6.07, 6.45) is 9.71. The molecule has 0 aromatic carbocycles. The highest BCUT2D eigenvalue weighted by molar-refractivity contribution is 5.89. The van der Waals surface area contributed by atoms with E-state index in [9.17, 15) is 18.0 Å². The molecular weight excluding hydrogens is 519 g/mol. The third-order valence-corrected chi connectivity index (χ3v) is 5.47. The van der Waals surface area contributed by atoms with Gasteiger partial charge in [0.2, 0.25) is 0 Å². The Morgan fingerprint density at radius 3 is 2.42 bits per heavy atom. The molecule has 0 fully saturated rings. The molecule has 8 nitrogen and oxygen atoms in total. The van der Waals surface area contributed by atoms with Gasteiger partial charge in [0.05, 0.1) is 5.70 Å². The fraction of sp³-hybridized carbons (Fsp3) is 0.310. The van der Waals surface area contributed by atoms with Crippen molar-refractivity contribution in [1.82, 2.24) is 24.3 Å². The van der Waals surface area contributed by atoms with Gasteiger partial charge in [-0.05, 0) is 31.2 Å². The molecule has 1 aliphatic rings. The number of nitrogens with zero attached hydrogens (tertiary/aromatic N) is 5. The fourth-order valence-electron chi connectivity index (χ4n) is 3.65. The van der Waals surface area contributed by atoms with E-state index in [2.05, 4.69) is 49.6 Å². The van der Waals surface area contributed by atoms with Crippen molar-refractivity contribution in [1.29, 1.82) is 0 Å². The maximum absolute atomic E-state index is 12.0. The van der Waals surface area contributed by atoms with Crippen molar-refractivity contribution in [3.05, 3.63) is 90.3 Å². The van der Waals surface area contributed by atoms with Gasteiger partial charge in [-0.1, -0.05) is 46.8 Å². The normalized spacial score (nSPS) is 13.3. The van der Waals surface area contributed by atoms with Crippen LogP contribution < -0.4 is 11.1 Å². The second-order valence-electron chi connectivity index (χ2n) is 9.00. The molecule has 3 aromatic rings. The number of pyridine rings is 1. The van der Waals surface area contributed by atoms with E-state index in [1.54, 1.807) is 24.2 Å². The average Bonchev–Trinajstić information content (AvgIpc) is 3.32. The Labute approximate surface area is 232 Å². The quantitative estimate of drug-likeness (QED) is 0.263. The number of allylic oxidation sites excluding steroid dienone is 5. The number of aromatic nitrogens is 4. The van der Waals surface area contributed by atoms with Crippen LogP contribution in [0.3, 0.4) is 0 Å². The topological polar surface area (TPSA) is 101 Å². The third-order valence-electron chi connectivity index (χ3n) is 5.47. The Morgan fingerprint density at radius 1 is 1.23 bits per heavy atom. The van der Waals surface area contributed by atoms with E-state index in [0.717, 1.165) is 41.2 Å². The van der Waals surface area contributed by atoms with Crippen molar-refractivity contribution >= 4 is 28.9 Å². The summed E-state index contributed by atoms with van der Waals surface area (Å²) in [6, 6.07) is 2.43. The molecule has 4 heterocycles. The second kappa shape index (κ2) is 14.1. The lowest BCUT2D eigenvalue weighted by Gasteiger charge is -2.24. The zero-order valence-corrected chi connectivity index (χ0v) is 23.6. The van der Waals surface area contributed by atoms with Crippen molar-refractivity contribution in [2.75, 3.05) is 18.1 Å². The summed E-state index contributed by atoms with van der Waals surface area (Å²) in [5.41, 5.74) is 9.29. The van der Waals surface area contributed by atoms with Crippen LogP contribution in [0.1, 0.15) is 64.2 Å². The number of carbonyl (C=O) groups is 1. The minimum absolute atomic E-state index is 0.237. The summed E-state index contributed by atoms with van der Waals surface area (Å²) in [5, 5.41) is 2.60. The molecule has 40 heavy (non-hydrogen) atoms. The maximum Gasteiger partial charge on any atom is 0.433 e. The van der Waals surface area contributed by atoms with Crippen molar-refractivity contribution in [3.8, 4) is 0 Å². The number of fused-ring (bicyclic) bond motifs is 1. The molecule has 0 bridgehead atoms. The maximum atomic E-state index is 12.0. The number of rotatable bonds is 5. The van der Waals surface area contributed by atoms with Gasteiger partial charge in [-0.15, -0.1) is 0 Å². The lowest BCUT2D eigenvalue weighted by molar-refractivity contribution is -0.141. The number of hydrogen-bond acceptors (Lipinski definition) is 7. The fourth-order valence-corrected chi connectivity index (χ4v) is 3.65. The Kier molecular flexibility index (Phi) is 11.2. The smallest absolute Gasteiger partial charge is 0.388 e. The standard InChI is InChI=1S/C19H21N5O.C7H7F3N2.C3H8/c1-5-15(11-25)23-8-6-14(10-13(23)4)16-17-18(20)21-7-9-24(17)19(22-16)12(2)3;1-11-5-2-3-12-6(4-5)7(8,9)10;1-3-2/h5-12H,4H2,1-3H3,(H2,20,21);2-4H,1H3,(H,11,12);3H2,1-2H3/b15-5-;;. The highest BCUT2D eigenvalue weighted by atomic mass is 19.4. The third kappa shape index (κ3) is 7.58. The molecule has 0 aliphatic carbocycles. The first-order valence-electron chi connectivity index (χ1n) is 12.8. The molecule has 0 amide bonds. The van der Waals surface area contributed by atoms with E-state index >= 15 is 0 Å². The number of nitrogens with two attached hydrogens (primary N) is 1. The Bertz CT molecular complexity index is 1420. The van der Waals surface area contributed by atoms with Crippen LogP contribution in [0.4, 0.5) is 24.7 Å². The van der Waals surface area contributed by atoms with E-state index in [1.807, 2.05) is 35.9 Å². The van der Waals surface area contributed by atoms with E-state index < -0.39 is 11.9 Å². The van der Waals surface area contributed by atoms with Crippen LogP contribution in [-0.4, -0.2) is 37.6 Å². The molecule has 0 saturated heterocycles. The Morgan fingerprint density at radius 2 is 1.90 bits per heavy atom. The van der Waals surface area contributed by atoms with Crippen molar-refractivity contribution < 1.29 is 18.0 Å². The lowest BCUT2D eigenvalue weighted by atomic mass is 10.1. The minimum Gasteiger partial charge on any atom is -0.388 e. The summed E-state index contributed by atoms with van der Waals surface area (Å²) in [6.45, 7) is 14.3. The van der Waals surface area contributed by atoms with Gasteiger partial charge in [0, 0.05) is 54.7 Å². The van der Waals surface area contributed by atoms with Crippen LogP contribution in [0, 0.1) is 0 Å². The number of imidazole rings is 1. The number of hydrogen-bond donors (Lipinski definition) is 2. The zero-order valence-electron chi connectivity index (χ0n) is 23.6. The molecule has 0 atom stereocenters. The molecule has 0 radical (unpaired) electrons. The van der Waals surface area contributed by atoms with E-state index in [-0.39, 0.29) is 5.92 Å². The number of anilines is 2. The predicted octanol–water partition coefficient (Wildman–Crippen LogP) is 6.82. The molecule has 11 heteroatoms. The second-order valence-corrected chi connectivity index (χ2v) is 9.00. The van der Waals surface area contributed by atoms with Gasteiger partial charge in [-0.2, -0.15) is 13.2 Å². The summed E-state index contributed by atoms with van der Waals surface area (Å²) in [4.78, 5) is 25.1. The summed E-state index contributed by atoms with van der Waals surface area (Å²) in [7, 11) is 1.55. The predicted molar refractivity (Wildman–Crippen MR) is 154 cm³/mol. The van der Waals surface area contributed by atoms with E-state index in [0.29, 0.717) is 22.9 Å². The zero-order chi connectivity index (χ0) is 30.0. The van der Waals surface area contributed by atoms with Crippen molar-refractivity contribution in [2.24, 2.45) is 0 Å². The molecule has 0 spiro atoms. The molecule has 0 unspecified atom stereocenters. The van der Waals surface area contributed by atoms with Gasteiger partial charge < -0.3 is 16.0 Å². The first-order valence-corrected chi connectivity index (χ1v) is 12.8. The molecule has 1 aliphatic heterocycles. The Hall–Kier alpha value is -4.41. The summed E-state index contributed by atoms with van der Waals surface area (Å²) in [5.74, 6) is 1.59. The Balaban J connectivity index is 0.000000312. The number of alkyl halides is 3. The minimum atomic E-state index is -4.37. The molecule has 3 aromatic heterocycles. The molecule has 4 rings (SSSR count). The summed E-state index contributed by atoms with van der Waals surface area (Å²) >= 11 is 0. The van der Waals surface area contributed by atoms with Crippen molar-refractivity contribution in [2.45, 2.75) is 53.1 Å². The number of nitrogen functional groups attached to an aromatic ring is 1. The van der Waals surface area contributed by atoms with Crippen LogP contribution in [0.5, 0.6) is 0 Å². The number of aldehydes is 1. The molecule has 3 N–H and O–H groups in total. The SMILES string of the molecule is C=C1C=C(c2nc(C(C)C)n3ccnc(N)c23)C=CN1/C(C=O)=C\C.CCC.CNc1ccnc(C(F)(F)F)c1. The highest BCUT2D eigenvalue weighted by Crippen LogP contribution is 2.32. The van der Waals surface area contributed by atoms with Gasteiger partial charge in [-0.3, -0.25) is 14.2 Å². The van der Waals surface area contributed by atoms with Crippen LogP contribution in [-0.2, 0) is 11.0 Å². The number of halogens is 3. The lowest BCUT2D eigenvalue weighted by Crippen LogP contribution is -2.17. The van der Waals surface area contributed by atoms with Gasteiger partial charge in [0.1, 0.15) is 28.5 Å². The molecule has 214 valence electrons. The van der Waals surface area contributed by atoms with Gasteiger partial charge in [-0.25, -0.2) is 9.97 Å². The summed E-state index contributed by atoms with van der Waals surface area (Å²) < 4.78 is 38.0. The molecular formula is C29H36F3N7O. The van der Waals surface area contributed by atoms with Crippen LogP contribution >= 0.6 is 0 Å². The van der Waals surface area contributed by atoms with E-state index in [1.165, 1.54) is 12.5 Å². The van der Waals surface area contributed by atoms with Gasteiger partial charge >= 0.3 is 6.18 Å². The van der Waals surface area contributed by atoms with E-state index in [4.69, 9.17) is 10.7 Å². The van der Waals surface area contributed by atoms with Crippen LogP contribution in [0.15, 0.2) is 73.1 Å². The molecule has 0 saturated carbocycles. The number of nitrogens with one attached hydrogen (secondary N) is 1. The van der Waals surface area contributed by atoms with Gasteiger partial charge in [0.25, 0.3) is 0 Å². The van der Waals surface area contributed by atoms with Crippen molar-refractivity contribution in [3.63, 3.8) is 0 Å². The first-order chi connectivity index (χ1) is 18.9. The highest BCUT2D eigenvalue weighted by Gasteiger charge is 2.32. The largest absolute Gasteiger partial charge is 0.433 e. The van der Waals surface area contributed by atoms with Gasteiger partial charge in [0.15, 0.2) is 6.29 Å². The monoisotopic (exact) mass is 555 g/mol. The van der Waals surface area contributed by atoms with Crippen LogP contribution in [0.2, 0.25) is 0 Å². The van der Waals surface area contributed by atoms with Crippen LogP contribution in [0.25, 0.3) is 11.1 Å².